The first-order valence-electron chi connectivity index (χ1n) is 6.84. The Morgan fingerprint density at radius 1 is 1.39 bits per heavy atom. The Hall–Kier alpha value is -0.670. The summed E-state index contributed by atoms with van der Waals surface area (Å²) in [6.07, 6.45) is 3.91. The molecule has 0 radical (unpaired) electrons. The maximum absolute atomic E-state index is 6.00. The molecule has 0 spiro atoms. The van der Waals surface area contributed by atoms with E-state index in [1.54, 1.807) is 0 Å². The lowest BCUT2D eigenvalue weighted by molar-refractivity contribution is 0.211. The summed E-state index contributed by atoms with van der Waals surface area (Å²) in [6, 6.07) is 8.54. The van der Waals surface area contributed by atoms with Crippen molar-refractivity contribution in [3.63, 3.8) is 0 Å². The quantitative estimate of drug-likeness (QED) is 0.886. The van der Waals surface area contributed by atoms with Crippen molar-refractivity contribution in [1.29, 1.82) is 0 Å². The molecule has 1 aromatic rings. The molecule has 1 saturated heterocycles. The Kier molecular flexibility index (Phi) is 5.39. The minimum atomic E-state index is 0.399. The number of hydrogen-bond acceptors (Lipinski definition) is 3. The topological polar surface area (TPSA) is 35.2 Å². The van der Waals surface area contributed by atoms with Gasteiger partial charge in [-0.15, -0.1) is 0 Å². The van der Waals surface area contributed by atoms with Crippen LogP contribution in [0.2, 0.25) is 0 Å². The zero-order valence-corrected chi connectivity index (χ0v) is 11.9. The Balaban J connectivity index is 1.90. The molecule has 2 nitrogen and oxygen atoms in total. The summed E-state index contributed by atoms with van der Waals surface area (Å²) in [7, 11) is 0. The Bertz CT molecular complexity index is 346. The van der Waals surface area contributed by atoms with Gasteiger partial charge in [-0.1, -0.05) is 19.1 Å². The number of ether oxygens (including phenoxy) is 1. The fourth-order valence-corrected chi connectivity index (χ4v) is 3.32. The molecule has 1 heterocycles. The molecule has 1 aliphatic heterocycles. The van der Waals surface area contributed by atoms with Crippen LogP contribution in [0.4, 0.5) is 0 Å². The van der Waals surface area contributed by atoms with Crippen LogP contribution in [0.3, 0.4) is 0 Å². The summed E-state index contributed by atoms with van der Waals surface area (Å²) in [5.41, 5.74) is 6.95. The van der Waals surface area contributed by atoms with E-state index in [0.29, 0.717) is 12.0 Å². The molecule has 0 aromatic heterocycles. The van der Waals surface area contributed by atoms with Crippen LogP contribution in [-0.4, -0.2) is 24.2 Å². The lowest BCUT2D eigenvalue weighted by Gasteiger charge is -2.23. The summed E-state index contributed by atoms with van der Waals surface area (Å²) in [6.45, 7) is 2.97. The van der Waals surface area contributed by atoms with Crippen LogP contribution in [0.1, 0.15) is 37.7 Å². The molecule has 0 amide bonds. The highest BCUT2D eigenvalue weighted by molar-refractivity contribution is 7.99. The number of thioether (sulfide) groups is 1. The van der Waals surface area contributed by atoms with Gasteiger partial charge in [0.2, 0.25) is 0 Å². The summed E-state index contributed by atoms with van der Waals surface area (Å²) >= 11 is 2.00. The molecule has 3 heteroatoms. The molecule has 0 bridgehead atoms. The number of hydrogen-bond donors (Lipinski definition) is 1. The average molecular weight is 265 g/mol. The summed E-state index contributed by atoms with van der Waals surface area (Å²) < 4.78 is 6.00. The molecule has 0 aliphatic carbocycles. The molecule has 1 aromatic carbocycles. The second kappa shape index (κ2) is 7.05. The SMILES string of the molecule is CC(CCN)c1ccc(OC2CCCSC2)cc1. The van der Waals surface area contributed by atoms with Crippen LogP contribution >= 0.6 is 11.8 Å². The zero-order valence-electron chi connectivity index (χ0n) is 11.1. The number of nitrogens with two attached hydrogens (primary N) is 1. The van der Waals surface area contributed by atoms with Gasteiger partial charge in [0.1, 0.15) is 11.9 Å². The second-order valence-corrected chi connectivity index (χ2v) is 6.15. The summed E-state index contributed by atoms with van der Waals surface area (Å²) in [5.74, 6) is 3.96. The molecule has 0 saturated carbocycles. The average Bonchev–Trinajstić information content (AvgIpc) is 2.41. The highest BCUT2D eigenvalue weighted by atomic mass is 32.2. The van der Waals surface area contributed by atoms with Gasteiger partial charge in [0.05, 0.1) is 0 Å². The van der Waals surface area contributed by atoms with Crippen LogP contribution in [0.5, 0.6) is 5.75 Å². The largest absolute Gasteiger partial charge is 0.490 e. The van der Waals surface area contributed by atoms with Gasteiger partial charge in [-0.3, -0.25) is 0 Å². The molecule has 1 aliphatic rings. The van der Waals surface area contributed by atoms with Crippen LogP contribution < -0.4 is 10.5 Å². The van der Waals surface area contributed by atoms with E-state index in [-0.39, 0.29) is 0 Å². The predicted molar refractivity (Wildman–Crippen MR) is 79.5 cm³/mol. The van der Waals surface area contributed by atoms with Crippen LogP contribution in [0.15, 0.2) is 24.3 Å². The van der Waals surface area contributed by atoms with E-state index < -0.39 is 0 Å². The van der Waals surface area contributed by atoms with Crippen molar-refractivity contribution in [2.24, 2.45) is 5.73 Å². The number of rotatable bonds is 5. The van der Waals surface area contributed by atoms with E-state index in [1.165, 1.54) is 24.2 Å². The van der Waals surface area contributed by atoms with Gasteiger partial charge in [-0.2, -0.15) is 11.8 Å². The fourth-order valence-electron chi connectivity index (χ4n) is 2.29. The molecule has 18 heavy (non-hydrogen) atoms. The van der Waals surface area contributed by atoms with Gasteiger partial charge in [0, 0.05) is 5.75 Å². The monoisotopic (exact) mass is 265 g/mol. The van der Waals surface area contributed by atoms with Gasteiger partial charge in [-0.25, -0.2) is 0 Å². The van der Waals surface area contributed by atoms with Gasteiger partial charge in [0.15, 0.2) is 0 Å². The first-order chi connectivity index (χ1) is 8.79. The Morgan fingerprint density at radius 2 is 2.17 bits per heavy atom. The Morgan fingerprint density at radius 3 is 2.78 bits per heavy atom. The van der Waals surface area contributed by atoms with Crippen LogP contribution in [0.25, 0.3) is 0 Å². The molecular formula is C15H23NOS. The summed E-state index contributed by atoms with van der Waals surface area (Å²) in [5, 5.41) is 0. The third kappa shape index (κ3) is 3.92. The van der Waals surface area contributed by atoms with E-state index >= 15 is 0 Å². The molecule has 2 unspecified atom stereocenters. The minimum absolute atomic E-state index is 0.399. The third-order valence-electron chi connectivity index (χ3n) is 3.47. The normalized spacial score (nSPS) is 21.6. The Labute approximate surface area is 114 Å². The van der Waals surface area contributed by atoms with Crippen LogP contribution in [0, 0.1) is 0 Å². The van der Waals surface area contributed by atoms with Gasteiger partial charge in [-0.05, 0) is 55.2 Å². The first-order valence-corrected chi connectivity index (χ1v) is 7.99. The lowest BCUT2D eigenvalue weighted by atomic mass is 9.98. The molecule has 2 rings (SSSR count). The van der Waals surface area contributed by atoms with Gasteiger partial charge in [0.25, 0.3) is 0 Å². The molecule has 100 valence electrons. The smallest absolute Gasteiger partial charge is 0.119 e. The van der Waals surface area contributed by atoms with Gasteiger partial charge < -0.3 is 10.5 Å². The van der Waals surface area contributed by atoms with Crippen molar-refractivity contribution >= 4 is 11.8 Å². The van der Waals surface area contributed by atoms with E-state index in [9.17, 15) is 0 Å². The van der Waals surface area contributed by atoms with E-state index in [2.05, 4.69) is 31.2 Å². The van der Waals surface area contributed by atoms with E-state index in [1.807, 2.05) is 11.8 Å². The third-order valence-corrected chi connectivity index (χ3v) is 4.65. The maximum Gasteiger partial charge on any atom is 0.119 e. The lowest BCUT2D eigenvalue weighted by Crippen LogP contribution is -2.23. The molecular weight excluding hydrogens is 242 g/mol. The second-order valence-electron chi connectivity index (χ2n) is 5.00. The van der Waals surface area contributed by atoms with E-state index in [4.69, 9.17) is 10.5 Å². The fraction of sp³-hybridized carbons (Fsp3) is 0.600. The van der Waals surface area contributed by atoms with Crippen LogP contribution in [-0.2, 0) is 0 Å². The number of benzene rings is 1. The van der Waals surface area contributed by atoms with E-state index in [0.717, 1.165) is 24.5 Å². The van der Waals surface area contributed by atoms with Crippen molar-refractivity contribution in [3.05, 3.63) is 29.8 Å². The predicted octanol–water partition coefficient (Wildman–Crippen LogP) is 3.41. The van der Waals surface area contributed by atoms with Crippen molar-refractivity contribution in [3.8, 4) is 5.75 Å². The highest BCUT2D eigenvalue weighted by Gasteiger charge is 2.15. The van der Waals surface area contributed by atoms with Gasteiger partial charge >= 0.3 is 0 Å². The van der Waals surface area contributed by atoms with Crippen molar-refractivity contribution in [2.45, 2.75) is 38.2 Å². The van der Waals surface area contributed by atoms with Crippen molar-refractivity contribution < 1.29 is 4.74 Å². The minimum Gasteiger partial charge on any atom is -0.490 e. The highest BCUT2D eigenvalue weighted by Crippen LogP contribution is 2.25. The molecule has 2 atom stereocenters. The standard InChI is InChI=1S/C15H23NOS/c1-12(8-9-16)13-4-6-14(7-5-13)17-15-3-2-10-18-11-15/h4-7,12,15H,2-3,8-11,16H2,1H3. The molecule has 2 N–H and O–H groups in total. The maximum atomic E-state index is 6.00. The van der Waals surface area contributed by atoms with Crippen molar-refractivity contribution in [1.82, 2.24) is 0 Å². The van der Waals surface area contributed by atoms with Crippen molar-refractivity contribution in [2.75, 3.05) is 18.1 Å². The molecule has 1 fully saturated rings. The first kappa shape index (κ1) is 13.8. The summed E-state index contributed by atoms with van der Waals surface area (Å²) in [4.78, 5) is 0. The zero-order chi connectivity index (χ0) is 12.8.